The molecule has 1 aromatic carbocycles. The molecule has 0 amide bonds. The van der Waals surface area contributed by atoms with Crippen molar-refractivity contribution in [2.75, 3.05) is 7.11 Å². The van der Waals surface area contributed by atoms with Gasteiger partial charge in [0.15, 0.2) is 0 Å². The van der Waals surface area contributed by atoms with E-state index in [9.17, 15) is 13.2 Å². The van der Waals surface area contributed by atoms with Gasteiger partial charge < -0.3 is 9.84 Å². The lowest BCUT2D eigenvalue weighted by Crippen LogP contribution is -2.12. The van der Waals surface area contributed by atoms with Gasteiger partial charge in [0.25, 0.3) is 0 Å². The summed E-state index contributed by atoms with van der Waals surface area (Å²) in [6.07, 6.45) is -4.69. The van der Waals surface area contributed by atoms with E-state index in [1.54, 1.807) is 0 Å². The van der Waals surface area contributed by atoms with E-state index in [4.69, 9.17) is 10.4 Å². The molecule has 0 aliphatic rings. The van der Waals surface area contributed by atoms with Gasteiger partial charge in [-0.25, -0.2) is 0 Å². The summed E-state index contributed by atoms with van der Waals surface area (Å²) in [5, 5.41) is 17.5. The molecule has 0 fully saturated rings. The monoisotopic (exact) mass is 231 g/mol. The first-order valence-corrected chi connectivity index (χ1v) is 4.23. The highest BCUT2D eigenvalue weighted by molar-refractivity contribution is 5.52. The molecule has 86 valence electrons. The van der Waals surface area contributed by atoms with Crippen LogP contribution in [0.15, 0.2) is 12.1 Å². The molecule has 1 N–H and O–H groups in total. The zero-order valence-electron chi connectivity index (χ0n) is 8.30. The van der Waals surface area contributed by atoms with E-state index < -0.39 is 29.7 Å². The molecule has 6 heteroatoms. The van der Waals surface area contributed by atoms with Crippen molar-refractivity contribution in [3.8, 4) is 11.8 Å². The van der Waals surface area contributed by atoms with Gasteiger partial charge in [-0.15, -0.1) is 0 Å². The average Bonchev–Trinajstić information content (AvgIpc) is 2.25. The number of ether oxygens (including phenoxy) is 1. The third kappa shape index (κ3) is 2.09. The Hall–Kier alpha value is -1.74. The largest absolute Gasteiger partial charge is 0.496 e. The summed E-state index contributed by atoms with van der Waals surface area (Å²) in [6.45, 7) is -0.585. The van der Waals surface area contributed by atoms with E-state index in [-0.39, 0.29) is 5.56 Å². The second-order valence-electron chi connectivity index (χ2n) is 2.95. The van der Waals surface area contributed by atoms with Crippen LogP contribution in [-0.4, -0.2) is 12.2 Å². The quantitative estimate of drug-likeness (QED) is 0.847. The first kappa shape index (κ1) is 12.3. The van der Waals surface area contributed by atoms with Crippen LogP contribution in [0.3, 0.4) is 0 Å². The minimum absolute atomic E-state index is 0.00572. The minimum Gasteiger partial charge on any atom is -0.496 e. The molecule has 0 aliphatic carbocycles. The van der Waals surface area contributed by atoms with Gasteiger partial charge in [0.2, 0.25) is 0 Å². The first-order chi connectivity index (χ1) is 7.45. The minimum atomic E-state index is -4.69. The highest BCUT2D eigenvalue weighted by Crippen LogP contribution is 2.40. The van der Waals surface area contributed by atoms with Gasteiger partial charge >= 0.3 is 6.18 Å². The Balaban J connectivity index is 3.58. The summed E-state index contributed by atoms with van der Waals surface area (Å²) in [7, 11) is 1.06. The molecule has 0 unspecified atom stereocenters. The van der Waals surface area contributed by atoms with Crippen LogP contribution in [0.1, 0.15) is 16.7 Å². The molecule has 0 aromatic heterocycles. The van der Waals surface area contributed by atoms with Crippen LogP contribution < -0.4 is 4.74 Å². The van der Waals surface area contributed by atoms with Crippen LogP contribution in [0.2, 0.25) is 0 Å². The lowest BCUT2D eigenvalue weighted by atomic mass is 10.0. The van der Waals surface area contributed by atoms with Gasteiger partial charge in [-0.3, -0.25) is 0 Å². The molecule has 0 radical (unpaired) electrons. The summed E-state index contributed by atoms with van der Waals surface area (Å²) in [6, 6.07) is 3.69. The molecule has 0 aliphatic heterocycles. The van der Waals surface area contributed by atoms with Crippen LogP contribution in [-0.2, 0) is 12.8 Å². The molecule has 0 bridgehead atoms. The van der Waals surface area contributed by atoms with Crippen LogP contribution in [0.5, 0.6) is 5.75 Å². The van der Waals surface area contributed by atoms with Crippen molar-refractivity contribution < 1.29 is 23.0 Å². The van der Waals surface area contributed by atoms with Crippen molar-refractivity contribution >= 4 is 0 Å². The molecule has 0 atom stereocenters. The second-order valence-corrected chi connectivity index (χ2v) is 2.95. The van der Waals surface area contributed by atoms with E-state index in [1.807, 2.05) is 0 Å². The smallest absolute Gasteiger partial charge is 0.421 e. The van der Waals surface area contributed by atoms with E-state index in [2.05, 4.69) is 4.74 Å². The van der Waals surface area contributed by atoms with Gasteiger partial charge in [-0.05, 0) is 6.07 Å². The van der Waals surface area contributed by atoms with Crippen molar-refractivity contribution in [2.24, 2.45) is 0 Å². The summed E-state index contributed by atoms with van der Waals surface area (Å²) >= 11 is 0. The second kappa shape index (κ2) is 4.41. The fourth-order valence-corrected chi connectivity index (χ4v) is 1.36. The Labute approximate surface area is 89.7 Å². The van der Waals surface area contributed by atoms with Crippen molar-refractivity contribution in [3.63, 3.8) is 0 Å². The number of alkyl halides is 3. The Morgan fingerprint density at radius 1 is 1.44 bits per heavy atom. The Morgan fingerprint density at radius 3 is 2.44 bits per heavy atom. The van der Waals surface area contributed by atoms with Gasteiger partial charge in [-0.1, -0.05) is 6.07 Å². The number of halogens is 3. The van der Waals surface area contributed by atoms with Crippen molar-refractivity contribution in [3.05, 3.63) is 28.8 Å². The molecular formula is C10H8F3NO2. The maximum absolute atomic E-state index is 12.7. The average molecular weight is 231 g/mol. The van der Waals surface area contributed by atoms with Gasteiger partial charge in [0, 0.05) is 5.56 Å². The highest BCUT2D eigenvalue weighted by atomic mass is 19.4. The van der Waals surface area contributed by atoms with Crippen LogP contribution >= 0.6 is 0 Å². The zero-order valence-corrected chi connectivity index (χ0v) is 8.30. The maximum atomic E-state index is 12.7. The number of nitrogens with zero attached hydrogens (tertiary/aromatic N) is 1. The zero-order chi connectivity index (χ0) is 12.3. The molecular weight excluding hydrogens is 223 g/mol. The first-order valence-electron chi connectivity index (χ1n) is 4.23. The van der Waals surface area contributed by atoms with Gasteiger partial charge in [-0.2, -0.15) is 18.4 Å². The number of rotatable bonds is 2. The molecule has 0 saturated carbocycles. The number of hydrogen-bond acceptors (Lipinski definition) is 3. The van der Waals surface area contributed by atoms with Crippen molar-refractivity contribution in [1.29, 1.82) is 5.26 Å². The topological polar surface area (TPSA) is 53.2 Å². The van der Waals surface area contributed by atoms with Gasteiger partial charge in [0.05, 0.1) is 25.3 Å². The van der Waals surface area contributed by atoms with Gasteiger partial charge in [0.1, 0.15) is 11.3 Å². The van der Waals surface area contributed by atoms with E-state index >= 15 is 0 Å². The number of benzene rings is 1. The normalized spacial score (nSPS) is 11.0. The highest BCUT2D eigenvalue weighted by Gasteiger charge is 2.38. The summed E-state index contributed by atoms with van der Waals surface area (Å²) in [4.78, 5) is 0. The number of nitriles is 1. The van der Waals surface area contributed by atoms with Crippen molar-refractivity contribution in [2.45, 2.75) is 12.8 Å². The standard InChI is InChI=1S/C10H8F3NO2/c1-16-9-7(5-15)3-2-6(4-14)8(9)10(11,12)13/h2-3,15H,5H2,1H3. The van der Waals surface area contributed by atoms with Crippen LogP contribution in [0.25, 0.3) is 0 Å². The molecule has 0 spiro atoms. The van der Waals surface area contributed by atoms with E-state index in [0.29, 0.717) is 0 Å². The third-order valence-corrected chi connectivity index (χ3v) is 2.02. The fourth-order valence-electron chi connectivity index (χ4n) is 1.36. The van der Waals surface area contributed by atoms with Crippen LogP contribution in [0, 0.1) is 11.3 Å². The van der Waals surface area contributed by atoms with Crippen molar-refractivity contribution in [1.82, 2.24) is 0 Å². The molecule has 0 heterocycles. The Bertz CT molecular complexity index is 435. The predicted octanol–water partition coefficient (Wildman–Crippen LogP) is 2.08. The number of methoxy groups -OCH3 is 1. The molecule has 3 nitrogen and oxygen atoms in total. The summed E-state index contributed by atoms with van der Waals surface area (Å²) in [5.41, 5.74) is -1.68. The molecule has 16 heavy (non-hydrogen) atoms. The molecule has 1 aromatic rings. The maximum Gasteiger partial charge on any atom is 0.421 e. The Morgan fingerprint density at radius 2 is 2.06 bits per heavy atom. The lowest BCUT2D eigenvalue weighted by Gasteiger charge is -2.15. The molecule has 1 rings (SSSR count). The number of hydrogen-bond donors (Lipinski definition) is 1. The van der Waals surface area contributed by atoms with E-state index in [0.717, 1.165) is 13.2 Å². The fraction of sp³-hybridized carbons (Fsp3) is 0.300. The SMILES string of the molecule is COc1c(CO)ccc(C#N)c1C(F)(F)F. The van der Waals surface area contributed by atoms with E-state index in [1.165, 1.54) is 12.1 Å². The third-order valence-electron chi connectivity index (χ3n) is 2.02. The van der Waals surface area contributed by atoms with Crippen LogP contribution in [0.4, 0.5) is 13.2 Å². The molecule has 0 saturated heterocycles. The number of aliphatic hydroxyl groups is 1. The summed E-state index contributed by atoms with van der Waals surface area (Å²) in [5.74, 6) is -0.506. The number of aliphatic hydroxyl groups excluding tert-OH is 1. The Kier molecular flexibility index (Phi) is 3.40. The lowest BCUT2D eigenvalue weighted by molar-refractivity contribution is -0.139. The summed E-state index contributed by atoms with van der Waals surface area (Å²) < 4.78 is 42.7. The predicted molar refractivity (Wildman–Crippen MR) is 48.6 cm³/mol.